The van der Waals surface area contributed by atoms with Crippen LogP contribution < -0.4 is 21.1 Å². The Morgan fingerprint density at radius 2 is 2.11 bits per heavy atom. The van der Waals surface area contributed by atoms with Crippen molar-refractivity contribution in [1.29, 1.82) is 0 Å². The Hall–Kier alpha value is -3.16. The molecule has 146 valence electrons. The molecule has 2 aliphatic rings. The van der Waals surface area contributed by atoms with E-state index in [0.29, 0.717) is 0 Å². The van der Waals surface area contributed by atoms with Gasteiger partial charge in [0, 0.05) is 11.7 Å². The maximum atomic E-state index is 14.3. The molecule has 2 bridgehead atoms. The number of primary amides is 1. The van der Waals surface area contributed by atoms with Gasteiger partial charge in [-0.1, -0.05) is 12.2 Å². The summed E-state index contributed by atoms with van der Waals surface area (Å²) in [7, 11) is 1.61. The highest BCUT2D eigenvalue weighted by Crippen LogP contribution is 2.44. The Balaban J connectivity index is 1.55. The third-order valence-corrected chi connectivity index (χ3v) is 5.49. The van der Waals surface area contributed by atoms with Crippen LogP contribution in [0, 0.1) is 30.5 Å². The smallest absolute Gasteiger partial charge is 0.229 e. The number of nitrogens with two attached hydrogens (primary N) is 1. The summed E-state index contributed by atoms with van der Waals surface area (Å²) in [5.41, 5.74) is 7.28. The fourth-order valence-corrected chi connectivity index (χ4v) is 4.18. The average Bonchev–Trinajstić information content (AvgIpc) is 3.26. The number of anilines is 3. The number of carbonyl (C=O) groups excluding carboxylic acids is 1. The Labute approximate surface area is 162 Å². The number of methoxy groups -OCH3 is 1. The number of carbonyl (C=O) groups is 1. The number of aromatic nitrogens is 2. The van der Waals surface area contributed by atoms with Crippen LogP contribution in [0.1, 0.15) is 12.0 Å². The van der Waals surface area contributed by atoms with Gasteiger partial charge in [-0.2, -0.15) is 4.98 Å². The lowest BCUT2D eigenvalue weighted by molar-refractivity contribution is -0.122. The van der Waals surface area contributed by atoms with E-state index >= 15 is 0 Å². The molecule has 28 heavy (non-hydrogen) atoms. The highest BCUT2D eigenvalue weighted by Gasteiger charge is 2.47. The van der Waals surface area contributed by atoms with Crippen molar-refractivity contribution < 1.29 is 13.9 Å². The number of hydrogen-bond donors (Lipinski definition) is 3. The summed E-state index contributed by atoms with van der Waals surface area (Å²) in [6, 6.07) is 5.28. The van der Waals surface area contributed by atoms with Crippen LogP contribution in [0.15, 0.2) is 36.5 Å². The van der Waals surface area contributed by atoms with E-state index in [0.717, 1.165) is 29.6 Å². The second-order valence-corrected chi connectivity index (χ2v) is 7.25. The van der Waals surface area contributed by atoms with Gasteiger partial charge in [-0.15, -0.1) is 0 Å². The van der Waals surface area contributed by atoms with Crippen LogP contribution in [-0.2, 0) is 4.79 Å². The van der Waals surface area contributed by atoms with E-state index in [1.807, 2.05) is 31.2 Å². The minimum absolute atomic E-state index is 0.0555. The molecule has 0 spiro atoms. The molecule has 1 fully saturated rings. The molecule has 1 saturated carbocycles. The molecule has 4 N–H and O–H groups in total. The highest BCUT2D eigenvalue weighted by atomic mass is 19.1. The van der Waals surface area contributed by atoms with Gasteiger partial charge >= 0.3 is 0 Å². The third kappa shape index (κ3) is 3.26. The monoisotopic (exact) mass is 383 g/mol. The van der Waals surface area contributed by atoms with E-state index in [9.17, 15) is 9.18 Å². The van der Waals surface area contributed by atoms with Crippen LogP contribution in [0.2, 0.25) is 0 Å². The number of rotatable bonds is 6. The number of halogens is 1. The molecule has 2 aliphatic carbocycles. The molecule has 2 aromatic rings. The van der Waals surface area contributed by atoms with Crippen LogP contribution in [0.3, 0.4) is 0 Å². The van der Waals surface area contributed by atoms with Crippen molar-refractivity contribution in [2.75, 3.05) is 17.7 Å². The Bertz CT molecular complexity index is 948. The number of allylic oxidation sites excluding steroid dienone is 1. The number of aryl methyl sites for hydroxylation is 1. The van der Waals surface area contributed by atoms with E-state index in [-0.39, 0.29) is 41.5 Å². The van der Waals surface area contributed by atoms with E-state index in [1.54, 1.807) is 7.11 Å². The molecule has 1 heterocycles. The molecule has 0 unspecified atom stereocenters. The molecule has 1 amide bonds. The standard InChI is InChI=1S/C20H22FN5O2/c1-10-7-13(5-6-15(10)28-2)24-20-23-9-14(21)19(26-20)25-17-12-4-3-11(8-12)16(17)18(22)27/h3-7,9,11-12,16-17H,8H2,1-2H3,(H2,22,27)(H2,23,24,25,26)/t11-,12+,16+,17-/m1/s1. The van der Waals surface area contributed by atoms with Crippen molar-refractivity contribution in [2.24, 2.45) is 23.5 Å². The second kappa shape index (κ2) is 7.10. The lowest BCUT2D eigenvalue weighted by Crippen LogP contribution is -2.41. The first-order valence-corrected chi connectivity index (χ1v) is 9.14. The minimum atomic E-state index is -0.577. The fourth-order valence-electron chi connectivity index (χ4n) is 4.18. The minimum Gasteiger partial charge on any atom is -0.496 e. The van der Waals surface area contributed by atoms with Gasteiger partial charge in [-0.25, -0.2) is 9.37 Å². The van der Waals surface area contributed by atoms with Crippen molar-refractivity contribution in [3.8, 4) is 5.75 Å². The van der Waals surface area contributed by atoms with E-state index < -0.39 is 5.82 Å². The van der Waals surface area contributed by atoms with Crippen molar-refractivity contribution in [3.63, 3.8) is 0 Å². The number of nitrogens with zero attached hydrogens (tertiary/aromatic N) is 2. The maximum Gasteiger partial charge on any atom is 0.229 e. The Morgan fingerprint density at radius 1 is 1.32 bits per heavy atom. The molecule has 0 aliphatic heterocycles. The van der Waals surface area contributed by atoms with Gasteiger partial charge in [0.2, 0.25) is 11.9 Å². The summed E-state index contributed by atoms with van der Waals surface area (Å²) >= 11 is 0. The summed E-state index contributed by atoms with van der Waals surface area (Å²) in [5, 5.41) is 6.16. The van der Waals surface area contributed by atoms with Crippen molar-refractivity contribution in [3.05, 3.63) is 47.9 Å². The Kier molecular flexibility index (Phi) is 4.62. The summed E-state index contributed by atoms with van der Waals surface area (Å²) in [6.45, 7) is 1.93. The van der Waals surface area contributed by atoms with E-state index in [1.165, 1.54) is 0 Å². The Morgan fingerprint density at radius 3 is 2.82 bits per heavy atom. The number of hydrogen-bond acceptors (Lipinski definition) is 6. The number of ether oxygens (including phenoxy) is 1. The van der Waals surface area contributed by atoms with Crippen LogP contribution in [-0.4, -0.2) is 29.0 Å². The lowest BCUT2D eigenvalue weighted by atomic mass is 9.88. The summed E-state index contributed by atoms with van der Waals surface area (Å²) in [6.07, 6.45) is 6.03. The van der Waals surface area contributed by atoms with Gasteiger partial charge in [-0.05, 0) is 48.9 Å². The molecule has 0 saturated heterocycles. The van der Waals surface area contributed by atoms with Crippen molar-refractivity contribution >= 4 is 23.4 Å². The van der Waals surface area contributed by atoms with Gasteiger partial charge in [0.05, 0.1) is 19.2 Å². The van der Waals surface area contributed by atoms with Gasteiger partial charge in [0.25, 0.3) is 0 Å². The molecule has 8 heteroatoms. The number of benzene rings is 1. The van der Waals surface area contributed by atoms with Gasteiger partial charge in [0.1, 0.15) is 5.75 Å². The zero-order valence-electron chi connectivity index (χ0n) is 15.6. The summed E-state index contributed by atoms with van der Waals surface area (Å²) < 4.78 is 19.6. The van der Waals surface area contributed by atoms with E-state index in [2.05, 4.69) is 26.7 Å². The number of amides is 1. The molecule has 7 nitrogen and oxygen atoms in total. The maximum absolute atomic E-state index is 14.3. The van der Waals surface area contributed by atoms with Crippen molar-refractivity contribution in [2.45, 2.75) is 19.4 Å². The van der Waals surface area contributed by atoms with Crippen LogP contribution in [0.25, 0.3) is 0 Å². The zero-order chi connectivity index (χ0) is 19.8. The fraction of sp³-hybridized carbons (Fsp3) is 0.350. The molecular weight excluding hydrogens is 361 g/mol. The predicted molar refractivity (Wildman–Crippen MR) is 104 cm³/mol. The topological polar surface area (TPSA) is 102 Å². The van der Waals surface area contributed by atoms with Gasteiger partial charge in [-0.3, -0.25) is 4.79 Å². The normalized spacial score (nSPS) is 25.0. The largest absolute Gasteiger partial charge is 0.496 e. The molecular formula is C20H22FN5O2. The molecule has 1 aromatic carbocycles. The van der Waals surface area contributed by atoms with Crippen LogP contribution in [0.4, 0.5) is 21.8 Å². The van der Waals surface area contributed by atoms with Crippen LogP contribution >= 0.6 is 0 Å². The molecule has 4 rings (SSSR count). The molecule has 0 radical (unpaired) electrons. The highest BCUT2D eigenvalue weighted by molar-refractivity contribution is 5.79. The SMILES string of the molecule is COc1ccc(Nc2ncc(F)c(N[C@H]3[C@@H](C(N)=O)[C@@H]4C=C[C@H]3C4)n2)cc1C. The number of nitrogens with one attached hydrogen (secondary N) is 2. The zero-order valence-corrected chi connectivity index (χ0v) is 15.6. The van der Waals surface area contributed by atoms with Gasteiger partial charge in [0.15, 0.2) is 11.6 Å². The quantitative estimate of drug-likeness (QED) is 0.663. The first-order valence-electron chi connectivity index (χ1n) is 9.14. The van der Waals surface area contributed by atoms with Crippen LogP contribution in [0.5, 0.6) is 5.75 Å². The predicted octanol–water partition coefficient (Wildman–Crippen LogP) is 2.76. The third-order valence-electron chi connectivity index (χ3n) is 5.49. The number of fused-ring (bicyclic) bond motifs is 2. The summed E-state index contributed by atoms with van der Waals surface area (Å²) in [4.78, 5) is 20.1. The van der Waals surface area contributed by atoms with E-state index in [4.69, 9.17) is 10.5 Å². The first kappa shape index (κ1) is 18.2. The second-order valence-electron chi connectivity index (χ2n) is 7.25. The van der Waals surface area contributed by atoms with Crippen molar-refractivity contribution in [1.82, 2.24) is 9.97 Å². The van der Waals surface area contributed by atoms with Gasteiger partial charge < -0.3 is 21.1 Å². The average molecular weight is 383 g/mol. The summed E-state index contributed by atoms with van der Waals surface area (Å²) in [5.74, 6) is -0.00733. The first-order chi connectivity index (χ1) is 13.5. The molecule has 1 aromatic heterocycles. The lowest BCUT2D eigenvalue weighted by Gasteiger charge is -2.27. The molecule has 4 atom stereocenters.